The first-order valence-electron chi connectivity index (χ1n) is 11.2. The first kappa shape index (κ1) is 26.7. The number of hydrogen-bond donors (Lipinski definition) is 2. The average Bonchev–Trinajstić information content (AvgIpc) is 3.26. The number of rotatable bonds is 12. The van der Waals surface area contributed by atoms with Gasteiger partial charge in [-0.2, -0.15) is 0 Å². The van der Waals surface area contributed by atoms with Crippen LogP contribution in [0.3, 0.4) is 0 Å². The minimum atomic E-state index is -1.16. The van der Waals surface area contributed by atoms with Gasteiger partial charge >= 0.3 is 5.97 Å². The summed E-state index contributed by atoms with van der Waals surface area (Å²) in [6.07, 6.45) is 4.18. The molecule has 2 N–H and O–H groups in total. The summed E-state index contributed by atoms with van der Waals surface area (Å²) in [5.41, 5.74) is 0. The van der Waals surface area contributed by atoms with Crippen LogP contribution in [0.15, 0.2) is 12.2 Å². The molecular formula is C22H30N4O8. The molecule has 6 amide bonds. The molecule has 12 heteroatoms. The summed E-state index contributed by atoms with van der Waals surface area (Å²) >= 11 is 0. The zero-order valence-electron chi connectivity index (χ0n) is 19.5. The first-order valence-corrected chi connectivity index (χ1v) is 11.2. The van der Waals surface area contributed by atoms with Gasteiger partial charge in [0.25, 0.3) is 23.6 Å². The lowest BCUT2D eigenvalue weighted by atomic mass is 10.0. The van der Waals surface area contributed by atoms with E-state index in [4.69, 9.17) is 4.84 Å². The van der Waals surface area contributed by atoms with Gasteiger partial charge in [-0.1, -0.05) is 20.3 Å². The molecule has 2 aliphatic rings. The summed E-state index contributed by atoms with van der Waals surface area (Å²) in [6.45, 7) is 5.09. The summed E-state index contributed by atoms with van der Waals surface area (Å²) in [5, 5.41) is 5.48. The maximum absolute atomic E-state index is 12.6. The maximum atomic E-state index is 12.6. The van der Waals surface area contributed by atoms with Crippen LogP contribution < -0.4 is 10.6 Å². The Kier molecular flexibility index (Phi) is 9.46. The van der Waals surface area contributed by atoms with Gasteiger partial charge in [-0.15, -0.1) is 5.06 Å². The molecular weight excluding hydrogens is 448 g/mol. The molecule has 0 radical (unpaired) electrons. The molecule has 0 unspecified atom stereocenters. The molecule has 1 saturated heterocycles. The number of carbonyl (C=O) groups excluding carboxylic acids is 7. The van der Waals surface area contributed by atoms with E-state index in [0.29, 0.717) is 24.3 Å². The van der Waals surface area contributed by atoms with Crippen molar-refractivity contribution in [2.75, 3.05) is 6.54 Å². The molecule has 0 aliphatic carbocycles. The van der Waals surface area contributed by atoms with E-state index in [2.05, 4.69) is 10.6 Å². The Morgan fingerprint density at radius 3 is 2.06 bits per heavy atom. The van der Waals surface area contributed by atoms with Crippen molar-refractivity contribution < 1.29 is 38.4 Å². The van der Waals surface area contributed by atoms with Gasteiger partial charge in [0.05, 0.1) is 0 Å². The van der Waals surface area contributed by atoms with Crippen molar-refractivity contribution in [2.45, 2.75) is 71.4 Å². The van der Waals surface area contributed by atoms with Crippen molar-refractivity contribution in [3.8, 4) is 0 Å². The molecule has 0 aromatic rings. The number of imide groups is 2. The molecule has 1 fully saturated rings. The maximum Gasteiger partial charge on any atom is 0.354 e. The van der Waals surface area contributed by atoms with Crippen molar-refractivity contribution in [1.29, 1.82) is 0 Å². The monoisotopic (exact) mass is 478 g/mol. The molecule has 186 valence electrons. The third kappa shape index (κ3) is 7.22. The lowest BCUT2D eigenvalue weighted by molar-refractivity contribution is -0.198. The number of unbranched alkanes of at least 4 members (excludes halogenated alkanes) is 2. The van der Waals surface area contributed by atoms with Gasteiger partial charge in [0.15, 0.2) is 0 Å². The molecule has 34 heavy (non-hydrogen) atoms. The van der Waals surface area contributed by atoms with Gasteiger partial charge in [-0.05, 0) is 25.7 Å². The Labute approximate surface area is 197 Å². The van der Waals surface area contributed by atoms with E-state index in [1.807, 2.05) is 0 Å². The Hall–Kier alpha value is -3.57. The summed E-state index contributed by atoms with van der Waals surface area (Å²) in [4.78, 5) is 89.2. The number of nitrogens with zero attached hydrogens (tertiary/aromatic N) is 2. The second-order valence-corrected chi connectivity index (χ2v) is 8.48. The van der Waals surface area contributed by atoms with Crippen molar-refractivity contribution >= 4 is 41.4 Å². The van der Waals surface area contributed by atoms with Crippen LogP contribution in [-0.2, 0) is 38.4 Å². The van der Waals surface area contributed by atoms with Gasteiger partial charge in [0.2, 0.25) is 11.8 Å². The third-order valence-corrected chi connectivity index (χ3v) is 5.35. The van der Waals surface area contributed by atoms with Crippen molar-refractivity contribution in [2.24, 2.45) is 5.92 Å². The lowest BCUT2D eigenvalue weighted by Crippen LogP contribution is -2.53. The molecule has 0 spiro atoms. The largest absolute Gasteiger partial charge is 0.354 e. The molecule has 0 bridgehead atoms. The number of nitrogens with one attached hydrogen (secondary N) is 2. The second-order valence-electron chi connectivity index (χ2n) is 8.48. The SMILES string of the molecule is CC(C)[C@H](NC(=O)CCCCCN1C(=O)C=CC1=O)C(=O)N[C@@H](C)C(=O)ON1C(=O)CCC1=O. The van der Waals surface area contributed by atoms with Crippen LogP contribution in [0.2, 0.25) is 0 Å². The molecule has 2 atom stereocenters. The fraction of sp³-hybridized carbons (Fsp3) is 0.591. The van der Waals surface area contributed by atoms with Crippen LogP contribution in [0.25, 0.3) is 0 Å². The smallest absolute Gasteiger partial charge is 0.344 e. The lowest BCUT2D eigenvalue weighted by Gasteiger charge is -2.24. The van der Waals surface area contributed by atoms with E-state index in [9.17, 15) is 33.6 Å². The number of amides is 6. The van der Waals surface area contributed by atoms with Crippen molar-refractivity contribution in [3.63, 3.8) is 0 Å². The van der Waals surface area contributed by atoms with Crippen molar-refractivity contribution in [3.05, 3.63) is 12.2 Å². The quantitative estimate of drug-likeness (QED) is 0.286. The third-order valence-electron chi connectivity index (χ3n) is 5.35. The predicted molar refractivity (Wildman–Crippen MR) is 116 cm³/mol. The van der Waals surface area contributed by atoms with Crippen LogP contribution in [0.1, 0.15) is 59.3 Å². The Morgan fingerprint density at radius 2 is 1.50 bits per heavy atom. The van der Waals surface area contributed by atoms with Crippen LogP contribution in [-0.4, -0.2) is 70.0 Å². The van der Waals surface area contributed by atoms with Crippen LogP contribution in [0.5, 0.6) is 0 Å². The van der Waals surface area contributed by atoms with E-state index in [-0.39, 0.29) is 49.4 Å². The summed E-state index contributed by atoms with van der Waals surface area (Å²) < 4.78 is 0. The molecule has 12 nitrogen and oxygen atoms in total. The standard InChI is InChI=1S/C22H30N4O8/c1-13(2)20(21(32)23-14(3)22(33)34-26-18(30)10-11-19(26)31)24-15(27)7-5-4-6-12-25-16(28)8-9-17(25)29/h8-9,13-14,20H,4-7,10-12H2,1-3H3,(H,23,32)(H,24,27)/t14-,20-/m0/s1. The first-order chi connectivity index (χ1) is 16.0. The van der Waals surface area contributed by atoms with E-state index >= 15 is 0 Å². The Morgan fingerprint density at radius 1 is 0.912 bits per heavy atom. The van der Waals surface area contributed by atoms with E-state index in [0.717, 1.165) is 4.90 Å². The molecule has 2 heterocycles. The zero-order valence-corrected chi connectivity index (χ0v) is 19.5. The second kappa shape index (κ2) is 12.1. The zero-order chi connectivity index (χ0) is 25.4. The Balaban J connectivity index is 1.74. The molecule has 0 aromatic carbocycles. The molecule has 2 aliphatic heterocycles. The van der Waals surface area contributed by atoms with Gasteiger partial charge < -0.3 is 15.5 Å². The highest BCUT2D eigenvalue weighted by Crippen LogP contribution is 2.13. The summed E-state index contributed by atoms with van der Waals surface area (Å²) in [6, 6.07) is -2.07. The topological polar surface area (TPSA) is 159 Å². The van der Waals surface area contributed by atoms with E-state index in [1.54, 1.807) is 13.8 Å². The summed E-state index contributed by atoms with van der Waals surface area (Å²) in [7, 11) is 0. The minimum absolute atomic E-state index is 0.0416. The number of carbonyl (C=O) groups is 7. The highest BCUT2D eigenvalue weighted by atomic mass is 16.7. The predicted octanol–water partition coefficient (Wildman–Crippen LogP) is -0.275. The molecule has 2 rings (SSSR count). The van der Waals surface area contributed by atoms with Gasteiger partial charge in [-0.3, -0.25) is 33.7 Å². The average molecular weight is 479 g/mol. The minimum Gasteiger partial charge on any atom is -0.344 e. The number of hydroxylamine groups is 2. The van der Waals surface area contributed by atoms with Gasteiger partial charge in [0, 0.05) is 38.0 Å². The van der Waals surface area contributed by atoms with Crippen LogP contribution in [0, 0.1) is 5.92 Å². The number of hydrogen-bond acceptors (Lipinski definition) is 8. The molecule has 0 aromatic heterocycles. The van der Waals surface area contributed by atoms with E-state index < -0.39 is 35.8 Å². The molecule has 0 saturated carbocycles. The fourth-order valence-corrected chi connectivity index (χ4v) is 3.35. The van der Waals surface area contributed by atoms with Crippen molar-refractivity contribution in [1.82, 2.24) is 20.6 Å². The fourth-order valence-electron chi connectivity index (χ4n) is 3.35. The van der Waals surface area contributed by atoms with Crippen LogP contribution in [0.4, 0.5) is 0 Å². The summed E-state index contributed by atoms with van der Waals surface area (Å²) in [5.74, 6) is -4.16. The highest BCUT2D eigenvalue weighted by Gasteiger charge is 2.35. The Bertz CT molecular complexity index is 863. The van der Waals surface area contributed by atoms with Gasteiger partial charge in [-0.25, -0.2) is 4.79 Å². The highest BCUT2D eigenvalue weighted by molar-refractivity contribution is 6.12. The normalized spacial score (nSPS) is 17.4. The van der Waals surface area contributed by atoms with E-state index in [1.165, 1.54) is 19.1 Å². The van der Waals surface area contributed by atoms with Crippen LogP contribution >= 0.6 is 0 Å². The van der Waals surface area contributed by atoms with Gasteiger partial charge in [0.1, 0.15) is 12.1 Å².